The molecule has 2 atom stereocenters. The van der Waals surface area contributed by atoms with Gasteiger partial charge in [0.1, 0.15) is 5.78 Å². The van der Waals surface area contributed by atoms with Crippen LogP contribution in [-0.4, -0.2) is 18.4 Å². The maximum Gasteiger partial charge on any atom is 0.333 e. The van der Waals surface area contributed by atoms with Crippen molar-refractivity contribution in [2.24, 2.45) is 17.3 Å². The van der Waals surface area contributed by atoms with Gasteiger partial charge in [-0.05, 0) is 44.4 Å². The molecule has 3 nitrogen and oxygen atoms in total. The molecule has 0 aromatic rings. The quantitative estimate of drug-likeness (QED) is 0.566. The summed E-state index contributed by atoms with van der Waals surface area (Å²) in [4.78, 5) is 23.7. The number of rotatable bonds is 5. The van der Waals surface area contributed by atoms with Crippen molar-refractivity contribution < 1.29 is 14.3 Å². The second-order valence-electron chi connectivity index (χ2n) is 6.78. The molecule has 1 saturated carbocycles. The van der Waals surface area contributed by atoms with E-state index in [1.54, 1.807) is 13.8 Å². The molecule has 0 amide bonds. The highest BCUT2D eigenvalue weighted by Crippen LogP contribution is 2.41. The van der Waals surface area contributed by atoms with Crippen molar-refractivity contribution in [3.05, 3.63) is 11.6 Å². The fraction of sp³-hybridized carbons (Fsp3) is 0.765. The van der Waals surface area contributed by atoms with E-state index in [-0.39, 0.29) is 17.3 Å². The van der Waals surface area contributed by atoms with Crippen LogP contribution in [-0.2, 0) is 14.3 Å². The van der Waals surface area contributed by atoms with Gasteiger partial charge in [-0.2, -0.15) is 0 Å². The van der Waals surface area contributed by atoms with Crippen LogP contribution in [0, 0.1) is 17.3 Å². The maximum absolute atomic E-state index is 12.2. The van der Waals surface area contributed by atoms with E-state index in [0.29, 0.717) is 30.3 Å². The van der Waals surface area contributed by atoms with Crippen molar-refractivity contribution in [1.29, 1.82) is 0 Å². The molecule has 0 heterocycles. The van der Waals surface area contributed by atoms with Crippen molar-refractivity contribution in [3.8, 4) is 0 Å². The summed E-state index contributed by atoms with van der Waals surface area (Å²) < 4.78 is 4.94. The van der Waals surface area contributed by atoms with Gasteiger partial charge in [-0.25, -0.2) is 4.79 Å². The van der Waals surface area contributed by atoms with Crippen molar-refractivity contribution in [3.63, 3.8) is 0 Å². The summed E-state index contributed by atoms with van der Waals surface area (Å²) in [5.74, 6) is 0.712. The molecule has 0 aromatic carbocycles. The fourth-order valence-electron chi connectivity index (χ4n) is 3.26. The Morgan fingerprint density at radius 1 is 1.45 bits per heavy atom. The number of ether oxygens (including phenoxy) is 1. The smallest absolute Gasteiger partial charge is 0.333 e. The zero-order chi connectivity index (χ0) is 15.3. The molecule has 3 heteroatoms. The van der Waals surface area contributed by atoms with Gasteiger partial charge < -0.3 is 4.74 Å². The molecular formula is C17H28O3. The Hall–Kier alpha value is -1.12. The minimum absolute atomic E-state index is 0.143. The third kappa shape index (κ3) is 4.77. The summed E-state index contributed by atoms with van der Waals surface area (Å²) in [5, 5.41) is 0. The number of allylic oxidation sites excluding steroid dienone is 1. The number of hydrogen-bond acceptors (Lipinski definition) is 3. The number of esters is 1. The van der Waals surface area contributed by atoms with Crippen molar-refractivity contribution in [1.82, 2.24) is 0 Å². The first-order valence-electron chi connectivity index (χ1n) is 7.63. The second kappa shape index (κ2) is 7.05. The SMILES string of the molecule is CCOC(=O)/C(C)=C/CC[C@@H]1C(=O)CC(C)(C)C[C@@H]1C. The van der Waals surface area contributed by atoms with Gasteiger partial charge >= 0.3 is 5.97 Å². The lowest BCUT2D eigenvalue weighted by molar-refractivity contribution is -0.138. The van der Waals surface area contributed by atoms with E-state index in [1.165, 1.54) is 0 Å². The number of carbonyl (C=O) groups is 2. The number of ketones is 1. The lowest BCUT2D eigenvalue weighted by Crippen LogP contribution is -2.35. The van der Waals surface area contributed by atoms with Gasteiger partial charge in [-0.3, -0.25) is 4.79 Å². The van der Waals surface area contributed by atoms with Gasteiger partial charge in [0.2, 0.25) is 0 Å². The van der Waals surface area contributed by atoms with Crippen LogP contribution in [0.4, 0.5) is 0 Å². The lowest BCUT2D eigenvalue weighted by Gasteiger charge is -2.38. The Morgan fingerprint density at radius 2 is 2.10 bits per heavy atom. The standard InChI is InChI=1S/C17H28O3/c1-6-20-16(19)12(2)8-7-9-14-13(3)10-17(4,5)11-15(14)18/h8,13-14H,6-7,9-11H2,1-5H3/b12-8+/t13-,14-/m0/s1. The number of Topliss-reactive ketones (excluding diaryl/α,β-unsaturated/α-hetero) is 1. The first-order valence-corrected chi connectivity index (χ1v) is 7.63. The average Bonchev–Trinajstić information content (AvgIpc) is 2.31. The van der Waals surface area contributed by atoms with E-state index >= 15 is 0 Å². The highest BCUT2D eigenvalue weighted by molar-refractivity contribution is 5.87. The Morgan fingerprint density at radius 3 is 2.65 bits per heavy atom. The van der Waals surface area contributed by atoms with Crippen LogP contribution in [0.5, 0.6) is 0 Å². The molecule has 1 rings (SSSR count). The molecule has 0 N–H and O–H groups in total. The molecule has 0 aliphatic heterocycles. The third-order valence-corrected chi connectivity index (χ3v) is 4.15. The van der Waals surface area contributed by atoms with Crippen molar-refractivity contribution in [2.75, 3.05) is 6.61 Å². The van der Waals surface area contributed by atoms with Crippen LogP contribution in [0.3, 0.4) is 0 Å². The van der Waals surface area contributed by atoms with E-state index in [0.717, 1.165) is 19.3 Å². The monoisotopic (exact) mass is 280 g/mol. The predicted octanol–water partition coefficient (Wildman–Crippen LogP) is 3.92. The largest absolute Gasteiger partial charge is 0.463 e. The van der Waals surface area contributed by atoms with E-state index in [1.807, 2.05) is 6.08 Å². The summed E-state index contributed by atoms with van der Waals surface area (Å²) in [7, 11) is 0. The van der Waals surface area contributed by atoms with Gasteiger partial charge in [0, 0.05) is 17.9 Å². The Labute approximate surface area is 122 Å². The first kappa shape index (κ1) is 16.9. The van der Waals surface area contributed by atoms with E-state index in [4.69, 9.17) is 4.74 Å². The summed E-state index contributed by atoms with van der Waals surface area (Å²) in [6.07, 6.45) is 5.29. The molecule has 1 aliphatic carbocycles. The fourth-order valence-corrected chi connectivity index (χ4v) is 3.26. The van der Waals surface area contributed by atoms with Gasteiger partial charge in [0.05, 0.1) is 6.61 Å². The molecular weight excluding hydrogens is 252 g/mol. The number of hydrogen-bond donors (Lipinski definition) is 0. The average molecular weight is 280 g/mol. The topological polar surface area (TPSA) is 43.4 Å². The summed E-state index contributed by atoms with van der Waals surface area (Å²) in [6, 6.07) is 0. The third-order valence-electron chi connectivity index (χ3n) is 4.15. The van der Waals surface area contributed by atoms with Gasteiger partial charge in [0.25, 0.3) is 0 Å². The normalized spacial score (nSPS) is 26.4. The Kier molecular flexibility index (Phi) is 5.97. The van der Waals surface area contributed by atoms with Crippen LogP contribution in [0.25, 0.3) is 0 Å². The van der Waals surface area contributed by atoms with E-state index < -0.39 is 0 Å². The minimum atomic E-state index is -0.253. The summed E-state index contributed by atoms with van der Waals surface area (Å²) >= 11 is 0. The van der Waals surface area contributed by atoms with Crippen LogP contribution in [0.2, 0.25) is 0 Å². The Balaban J connectivity index is 2.51. The molecule has 1 aliphatic rings. The van der Waals surface area contributed by atoms with Crippen molar-refractivity contribution >= 4 is 11.8 Å². The number of carbonyl (C=O) groups excluding carboxylic acids is 2. The highest BCUT2D eigenvalue weighted by Gasteiger charge is 2.37. The van der Waals surface area contributed by atoms with E-state index in [2.05, 4.69) is 20.8 Å². The van der Waals surface area contributed by atoms with E-state index in [9.17, 15) is 9.59 Å². The van der Waals surface area contributed by atoms with Crippen molar-refractivity contribution in [2.45, 2.75) is 60.3 Å². The maximum atomic E-state index is 12.2. The van der Waals surface area contributed by atoms with Crippen LogP contribution in [0.15, 0.2) is 11.6 Å². The molecule has 0 radical (unpaired) electrons. The lowest BCUT2D eigenvalue weighted by atomic mass is 9.66. The molecule has 0 bridgehead atoms. The zero-order valence-corrected chi connectivity index (χ0v) is 13.5. The van der Waals surface area contributed by atoms with Crippen LogP contribution in [0.1, 0.15) is 60.3 Å². The molecule has 0 unspecified atom stereocenters. The van der Waals surface area contributed by atoms with Gasteiger partial charge in [-0.1, -0.05) is 26.8 Å². The molecule has 0 saturated heterocycles. The Bertz CT molecular complexity index is 393. The highest BCUT2D eigenvalue weighted by atomic mass is 16.5. The molecule has 0 aromatic heterocycles. The molecule has 20 heavy (non-hydrogen) atoms. The summed E-state index contributed by atoms with van der Waals surface area (Å²) in [5.41, 5.74) is 0.784. The first-order chi connectivity index (χ1) is 9.26. The van der Waals surface area contributed by atoms with Gasteiger partial charge in [0.15, 0.2) is 0 Å². The zero-order valence-electron chi connectivity index (χ0n) is 13.5. The van der Waals surface area contributed by atoms with Crippen LogP contribution < -0.4 is 0 Å². The summed E-state index contributed by atoms with van der Waals surface area (Å²) in [6.45, 7) is 10.5. The van der Waals surface area contributed by atoms with Gasteiger partial charge in [-0.15, -0.1) is 0 Å². The predicted molar refractivity (Wildman–Crippen MR) is 80.3 cm³/mol. The minimum Gasteiger partial charge on any atom is -0.463 e. The second-order valence-corrected chi connectivity index (χ2v) is 6.78. The molecule has 0 spiro atoms. The van der Waals surface area contributed by atoms with Crippen LogP contribution >= 0.6 is 0 Å². The molecule has 1 fully saturated rings. The molecule has 114 valence electrons.